The highest BCUT2D eigenvalue weighted by Crippen LogP contribution is 2.40. The van der Waals surface area contributed by atoms with E-state index in [0.717, 1.165) is 29.5 Å². The van der Waals surface area contributed by atoms with Crippen LogP contribution < -0.4 is 5.73 Å². The summed E-state index contributed by atoms with van der Waals surface area (Å²) < 4.78 is 14.0. The van der Waals surface area contributed by atoms with Gasteiger partial charge in [-0.15, -0.1) is 0 Å². The largest absolute Gasteiger partial charge is 0.324 e. The van der Waals surface area contributed by atoms with Crippen molar-refractivity contribution in [1.82, 2.24) is 0 Å². The Bertz CT molecular complexity index is 665. The third kappa shape index (κ3) is 1.95. The molecule has 1 aliphatic carbocycles. The molecule has 1 aliphatic rings. The summed E-state index contributed by atoms with van der Waals surface area (Å²) in [5, 5.41) is 0. The molecule has 1 nitrogen and oxygen atoms in total. The van der Waals surface area contributed by atoms with Gasteiger partial charge in [-0.1, -0.05) is 23.8 Å². The Balaban J connectivity index is 2.28. The molecular formula is C18H20FN. The Kier molecular flexibility index (Phi) is 3.14. The van der Waals surface area contributed by atoms with Crippen LogP contribution in [0.5, 0.6) is 0 Å². The summed E-state index contributed by atoms with van der Waals surface area (Å²) in [4.78, 5) is 0. The maximum Gasteiger partial charge on any atom is 0.128 e. The molecule has 0 fully saturated rings. The van der Waals surface area contributed by atoms with Gasteiger partial charge in [0.2, 0.25) is 0 Å². The molecule has 2 aromatic carbocycles. The number of fused-ring (bicyclic) bond motifs is 1. The molecule has 0 bridgehead atoms. The highest BCUT2D eigenvalue weighted by atomic mass is 19.1. The topological polar surface area (TPSA) is 26.0 Å². The van der Waals surface area contributed by atoms with Gasteiger partial charge >= 0.3 is 0 Å². The molecule has 0 unspecified atom stereocenters. The smallest absolute Gasteiger partial charge is 0.128 e. The van der Waals surface area contributed by atoms with E-state index in [0.29, 0.717) is 0 Å². The predicted octanol–water partition coefficient (Wildman–Crippen LogP) is 4.36. The summed E-state index contributed by atoms with van der Waals surface area (Å²) in [6, 6.07) is 7.70. The van der Waals surface area contributed by atoms with E-state index >= 15 is 0 Å². The van der Waals surface area contributed by atoms with Crippen molar-refractivity contribution < 1.29 is 4.39 Å². The first-order chi connectivity index (χ1) is 9.49. The fourth-order valence-electron chi connectivity index (χ4n) is 3.59. The van der Waals surface area contributed by atoms with Crippen LogP contribution in [0.3, 0.4) is 0 Å². The van der Waals surface area contributed by atoms with Gasteiger partial charge in [0.15, 0.2) is 0 Å². The number of benzene rings is 2. The van der Waals surface area contributed by atoms with Crippen LogP contribution in [0.15, 0.2) is 24.3 Å². The van der Waals surface area contributed by atoms with E-state index in [1.165, 1.54) is 22.3 Å². The number of aryl methyl sites for hydroxylation is 3. The lowest BCUT2D eigenvalue weighted by molar-refractivity contribution is 0.589. The number of nitrogens with two attached hydrogens (primary N) is 1. The van der Waals surface area contributed by atoms with Crippen LogP contribution in [0.4, 0.5) is 4.39 Å². The summed E-state index contributed by atoms with van der Waals surface area (Å²) >= 11 is 0. The maximum atomic E-state index is 14.0. The zero-order valence-electron chi connectivity index (χ0n) is 12.3. The fourth-order valence-corrected chi connectivity index (χ4v) is 3.59. The van der Waals surface area contributed by atoms with Gasteiger partial charge in [0.1, 0.15) is 5.82 Å². The predicted molar refractivity (Wildman–Crippen MR) is 81.3 cm³/mol. The molecule has 0 spiro atoms. The van der Waals surface area contributed by atoms with Gasteiger partial charge in [0.25, 0.3) is 0 Å². The van der Waals surface area contributed by atoms with Gasteiger partial charge in [-0.2, -0.15) is 0 Å². The van der Waals surface area contributed by atoms with E-state index in [-0.39, 0.29) is 11.9 Å². The first-order valence-corrected chi connectivity index (χ1v) is 7.14. The average molecular weight is 269 g/mol. The summed E-state index contributed by atoms with van der Waals surface area (Å²) in [6.45, 7) is 6.36. The molecule has 0 aliphatic heterocycles. The molecule has 0 amide bonds. The number of halogens is 1. The molecular weight excluding hydrogens is 249 g/mol. The molecule has 104 valence electrons. The zero-order valence-corrected chi connectivity index (χ0v) is 12.3. The SMILES string of the molecule is Cc1cc(C)c(-c2ccc(F)c3c2CC[C@H]3N)c(C)c1. The summed E-state index contributed by atoms with van der Waals surface area (Å²) in [7, 11) is 0. The molecule has 1 atom stereocenters. The second-order valence-corrected chi connectivity index (χ2v) is 5.91. The van der Waals surface area contributed by atoms with E-state index in [9.17, 15) is 4.39 Å². The maximum absolute atomic E-state index is 14.0. The second kappa shape index (κ2) is 4.71. The van der Waals surface area contributed by atoms with E-state index in [4.69, 9.17) is 5.73 Å². The second-order valence-electron chi connectivity index (χ2n) is 5.91. The monoisotopic (exact) mass is 269 g/mol. The van der Waals surface area contributed by atoms with Crippen LogP contribution in [-0.4, -0.2) is 0 Å². The van der Waals surface area contributed by atoms with E-state index < -0.39 is 0 Å². The number of hydrogen-bond acceptors (Lipinski definition) is 1. The van der Waals surface area contributed by atoms with Crippen LogP contribution in [0.1, 0.15) is 40.3 Å². The van der Waals surface area contributed by atoms with Gasteiger partial charge in [-0.05, 0) is 67.5 Å². The lowest BCUT2D eigenvalue weighted by Gasteiger charge is -2.16. The van der Waals surface area contributed by atoms with Crippen molar-refractivity contribution in [3.63, 3.8) is 0 Å². The van der Waals surface area contributed by atoms with E-state index in [2.05, 4.69) is 32.9 Å². The van der Waals surface area contributed by atoms with Crippen molar-refractivity contribution >= 4 is 0 Å². The molecule has 3 rings (SSSR count). The molecule has 2 aromatic rings. The first-order valence-electron chi connectivity index (χ1n) is 7.14. The molecule has 0 aromatic heterocycles. The van der Waals surface area contributed by atoms with Gasteiger partial charge in [-0.3, -0.25) is 0 Å². The normalized spacial score (nSPS) is 17.4. The summed E-state index contributed by atoms with van der Waals surface area (Å²) in [5.74, 6) is -0.156. The zero-order chi connectivity index (χ0) is 14.4. The summed E-state index contributed by atoms with van der Waals surface area (Å²) in [5.41, 5.74) is 14.0. The van der Waals surface area contributed by atoms with Crippen LogP contribution >= 0.6 is 0 Å². The molecule has 0 saturated carbocycles. The Labute approximate surface area is 119 Å². The van der Waals surface area contributed by atoms with Crippen molar-refractivity contribution in [3.8, 4) is 11.1 Å². The van der Waals surface area contributed by atoms with Crippen molar-refractivity contribution in [2.75, 3.05) is 0 Å². The summed E-state index contributed by atoms with van der Waals surface area (Å²) in [6.07, 6.45) is 1.71. The van der Waals surface area contributed by atoms with Gasteiger partial charge in [0, 0.05) is 11.6 Å². The minimum Gasteiger partial charge on any atom is -0.324 e. The molecule has 20 heavy (non-hydrogen) atoms. The van der Waals surface area contributed by atoms with Crippen molar-refractivity contribution in [3.05, 3.63) is 57.9 Å². The van der Waals surface area contributed by atoms with Gasteiger partial charge in [-0.25, -0.2) is 4.39 Å². The van der Waals surface area contributed by atoms with E-state index in [1.54, 1.807) is 6.07 Å². The fraction of sp³-hybridized carbons (Fsp3) is 0.333. The lowest BCUT2D eigenvalue weighted by Crippen LogP contribution is -2.07. The molecule has 0 saturated heterocycles. The highest BCUT2D eigenvalue weighted by Gasteiger charge is 2.26. The molecule has 0 radical (unpaired) electrons. The number of hydrogen-bond donors (Lipinski definition) is 1. The minimum absolute atomic E-state index is 0.156. The Morgan fingerprint density at radius 1 is 1.10 bits per heavy atom. The van der Waals surface area contributed by atoms with Crippen molar-refractivity contribution in [2.45, 2.75) is 39.7 Å². The number of rotatable bonds is 1. The average Bonchev–Trinajstić information content (AvgIpc) is 2.74. The Morgan fingerprint density at radius 2 is 1.75 bits per heavy atom. The minimum atomic E-state index is -0.156. The van der Waals surface area contributed by atoms with Crippen LogP contribution in [0.2, 0.25) is 0 Å². The quantitative estimate of drug-likeness (QED) is 0.817. The van der Waals surface area contributed by atoms with Gasteiger partial charge in [0.05, 0.1) is 0 Å². The molecule has 2 N–H and O–H groups in total. The molecule has 0 heterocycles. The highest BCUT2D eigenvalue weighted by molar-refractivity contribution is 5.76. The van der Waals surface area contributed by atoms with Crippen molar-refractivity contribution in [2.24, 2.45) is 5.73 Å². The Hall–Kier alpha value is -1.67. The third-order valence-corrected chi connectivity index (χ3v) is 4.33. The van der Waals surface area contributed by atoms with Gasteiger partial charge < -0.3 is 5.73 Å². The lowest BCUT2D eigenvalue weighted by atomic mass is 9.89. The van der Waals surface area contributed by atoms with E-state index in [1.807, 2.05) is 6.07 Å². The Morgan fingerprint density at radius 3 is 2.40 bits per heavy atom. The van der Waals surface area contributed by atoms with Crippen LogP contribution in [0, 0.1) is 26.6 Å². The van der Waals surface area contributed by atoms with Crippen LogP contribution in [0.25, 0.3) is 11.1 Å². The third-order valence-electron chi connectivity index (χ3n) is 4.33. The molecule has 2 heteroatoms. The standard InChI is InChI=1S/C18H20FN/c1-10-8-11(2)17(12(3)9-10)13-4-6-15(19)18-14(13)5-7-16(18)20/h4,6,8-9,16H,5,7,20H2,1-3H3/t16-/m1/s1. The first kappa shape index (κ1) is 13.3. The van der Waals surface area contributed by atoms with Crippen LogP contribution in [-0.2, 0) is 6.42 Å². The van der Waals surface area contributed by atoms with Crippen molar-refractivity contribution in [1.29, 1.82) is 0 Å².